The van der Waals surface area contributed by atoms with Crippen molar-refractivity contribution in [2.45, 2.75) is 13.1 Å². The van der Waals surface area contributed by atoms with Crippen LogP contribution in [0.15, 0.2) is 0 Å². The Morgan fingerprint density at radius 1 is 1.56 bits per heavy atom. The fraction of sp³-hybridized carbons (Fsp3) is 1.00. The van der Waals surface area contributed by atoms with Crippen LogP contribution >= 0.6 is 49.9 Å². The minimum atomic E-state index is 0. The van der Waals surface area contributed by atoms with Crippen molar-refractivity contribution in [2.75, 3.05) is 11.9 Å². The molecular formula is C4H13Br3N2. The second-order valence-corrected chi connectivity index (χ2v) is 2.22. The average Bonchev–Trinajstić information content (AvgIpc) is 1.61. The van der Waals surface area contributed by atoms with Gasteiger partial charge in [0.25, 0.3) is 0 Å². The summed E-state index contributed by atoms with van der Waals surface area (Å²) in [7, 11) is 0. The molecule has 0 radical (unpaired) electrons. The van der Waals surface area contributed by atoms with Crippen molar-refractivity contribution < 1.29 is 0 Å². The van der Waals surface area contributed by atoms with E-state index in [0.29, 0.717) is 0 Å². The van der Waals surface area contributed by atoms with Crippen LogP contribution in [0.25, 0.3) is 0 Å². The molecule has 5 heteroatoms. The Hall–Kier alpha value is 1.36. The molecule has 1 unspecified atom stereocenters. The summed E-state index contributed by atoms with van der Waals surface area (Å²) in [6.07, 6.45) is 0.123. The highest BCUT2D eigenvalue weighted by Crippen LogP contribution is 1.74. The number of alkyl halides is 1. The van der Waals surface area contributed by atoms with E-state index in [1.54, 1.807) is 0 Å². The highest BCUT2D eigenvalue weighted by Gasteiger charge is 1.86. The number of nitrogens with two attached hydrogens (primary N) is 1. The Kier molecular flexibility index (Phi) is 22.5. The predicted octanol–water partition coefficient (Wildman–Crippen LogP) is 1.43. The van der Waals surface area contributed by atoms with Gasteiger partial charge in [0.2, 0.25) is 0 Å². The molecule has 0 bridgehead atoms. The maximum absolute atomic E-state index is 5.35. The number of nitrogens with one attached hydrogen (secondary N) is 1. The first-order chi connectivity index (χ1) is 3.27. The number of hydrogen-bond acceptors (Lipinski definition) is 2. The molecule has 0 aliphatic heterocycles. The molecule has 0 saturated carbocycles. The van der Waals surface area contributed by atoms with E-state index in [1.807, 2.05) is 6.92 Å². The fourth-order valence-corrected chi connectivity index (χ4v) is 0.511. The maximum Gasteiger partial charge on any atom is 0.0517 e. The normalized spacial score (nSPS) is 11.0. The Balaban J connectivity index is -0.000000180. The molecule has 0 aliphatic carbocycles. The molecule has 0 aromatic rings. The van der Waals surface area contributed by atoms with E-state index in [0.717, 1.165) is 11.9 Å². The first-order valence-electron chi connectivity index (χ1n) is 2.32. The first-order valence-corrected chi connectivity index (χ1v) is 3.44. The zero-order valence-electron chi connectivity index (χ0n) is 5.26. The van der Waals surface area contributed by atoms with Crippen LogP contribution in [-0.4, -0.2) is 18.0 Å². The molecule has 0 spiro atoms. The summed E-state index contributed by atoms with van der Waals surface area (Å²) in [5, 5.41) is 3.99. The smallest absolute Gasteiger partial charge is 0.0517 e. The van der Waals surface area contributed by atoms with Crippen LogP contribution in [0, 0.1) is 0 Å². The zero-order valence-corrected chi connectivity index (χ0v) is 10.3. The minimum absolute atomic E-state index is 0. The summed E-state index contributed by atoms with van der Waals surface area (Å²) < 4.78 is 0. The summed E-state index contributed by atoms with van der Waals surface area (Å²) in [5.74, 6) is 0. The second-order valence-electron chi connectivity index (χ2n) is 1.43. The second kappa shape index (κ2) is 12.1. The van der Waals surface area contributed by atoms with Crippen molar-refractivity contribution in [3.8, 4) is 0 Å². The first kappa shape index (κ1) is 16.8. The number of rotatable bonds is 3. The molecule has 0 amide bonds. The van der Waals surface area contributed by atoms with Crippen molar-refractivity contribution in [3.05, 3.63) is 0 Å². The van der Waals surface area contributed by atoms with Crippen molar-refractivity contribution in [1.29, 1.82) is 0 Å². The van der Waals surface area contributed by atoms with E-state index in [1.165, 1.54) is 0 Å². The number of halogens is 3. The van der Waals surface area contributed by atoms with Gasteiger partial charge >= 0.3 is 0 Å². The summed E-state index contributed by atoms with van der Waals surface area (Å²) in [5.41, 5.74) is 5.35. The van der Waals surface area contributed by atoms with Crippen LogP contribution < -0.4 is 11.1 Å². The largest absolute Gasteiger partial charge is 0.316 e. The van der Waals surface area contributed by atoms with Gasteiger partial charge in [0.15, 0.2) is 0 Å². The van der Waals surface area contributed by atoms with Gasteiger partial charge < -0.3 is 11.1 Å². The summed E-state index contributed by atoms with van der Waals surface area (Å²) in [4.78, 5) is 0. The van der Waals surface area contributed by atoms with Gasteiger partial charge in [-0.1, -0.05) is 15.9 Å². The molecule has 3 N–H and O–H groups in total. The van der Waals surface area contributed by atoms with E-state index >= 15 is 0 Å². The molecule has 0 heterocycles. The third-order valence-corrected chi connectivity index (χ3v) is 0.957. The Bertz CT molecular complexity index is 42.8. The molecule has 1 atom stereocenters. The molecule has 0 aromatic heterocycles. The van der Waals surface area contributed by atoms with Crippen molar-refractivity contribution >= 4 is 49.9 Å². The Morgan fingerprint density at radius 2 is 2.00 bits per heavy atom. The van der Waals surface area contributed by atoms with E-state index in [4.69, 9.17) is 5.73 Å². The molecular weight excluding hydrogens is 316 g/mol. The van der Waals surface area contributed by atoms with Crippen molar-refractivity contribution in [2.24, 2.45) is 5.73 Å². The molecule has 0 aliphatic rings. The van der Waals surface area contributed by atoms with Crippen molar-refractivity contribution in [1.82, 2.24) is 5.32 Å². The van der Waals surface area contributed by atoms with Gasteiger partial charge in [-0.3, -0.25) is 0 Å². The molecule has 0 aromatic carbocycles. The van der Waals surface area contributed by atoms with Gasteiger partial charge in [-0.15, -0.1) is 34.0 Å². The van der Waals surface area contributed by atoms with Crippen molar-refractivity contribution in [3.63, 3.8) is 0 Å². The standard InChI is InChI=1S/C4H11BrN2.2BrH/c1-4(6)7-3-2-5;;/h4,7H,2-3,6H2,1H3;2*1H. The predicted molar refractivity (Wildman–Crippen MR) is 56.1 cm³/mol. The highest BCUT2D eigenvalue weighted by atomic mass is 79.9. The molecule has 0 fully saturated rings. The highest BCUT2D eigenvalue weighted by molar-refractivity contribution is 9.09. The summed E-state index contributed by atoms with van der Waals surface area (Å²) >= 11 is 3.26. The van der Waals surface area contributed by atoms with E-state index < -0.39 is 0 Å². The van der Waals surface area contributed by atoms with E-state index in [2.05, 4.69) is 21.2 Å². The van der Waals surface area contributed by atoms with Crippen LogP contribution in [0.2, 0.25) is 0 Å². The molecule has 0 rings (SSSR count). The van der Waals surface area contributed by atoms with Crippen LogP contribution in [0.4, 0.5) is 0 Å². The topological polar surface area (TPSA) is 38.0 Å². The average molecular weight is 329 g/mol. The van der Waals surface area contributed by atoms with Gasteiger partial charge in [-0.25, -0.2) is 0 Å². The SMILES string of the molecule is Br.Br.CC(N)NCCBr. The van der Waals surface area contributed by atoms with Crippen LogP contribution in [-0.2, 0) is 0 Å². The van der Waals surface area contributed by atoms with Gasteiger partial charge in [-0.2, -0.15) is 0 Å². The fourth-order valence-electron chi connectivity index (χ4n) is 0.282. The molecule has 0 saturated heterocycles. The lowest BCUT2D eigenvalue weighted by Gasteiger charge is -2.03. The third-order valence-electron chi connectivity index (χ3n) is 0.561. The minimum Gasteiger partial charge on any atom is -0.316 e. The van der Waals surface area contributed by atoms with Gasteiger partial charge in [-0.05, 0) is 6.92 Å². The lowest BCUT2D eigenvalue weighted by molar-refractivity contribution is 0.593. The van der Waals surface area contributed by atoms with E-state index in [-0.39, 0.29) is 40.1 Å². The maximum atomic E-state index is 5.35. The van der Waals surface area contributed by atoms with Crippen LogP contribution in [0.1, 0.15) is 6.92 Å². The third kappa shape index (κ3) is 17.6. The number of hydrogen-bond donors (Lipinski definition) is 2. The Morgan fingerprint density at radius 3 is 2.11 bits per heavy atom. The quantitative estimate of drug-likeness (QED) is 0.607. The lowest BCUT2D eigenvalue weighted by Crippen LogP contribution is -2.35. The van der Waals surface area contributed by atoms with E-state index in [9.17, 15) is 0 Å². The molecule has 2 nitrogen and oxygen atoms in total. The van der Waals surface area contributed by atoms with Gasteiger partial charge in [0, 0.05) is 11.9 Å². The monoisotopic (exact) mass is 326 g/mol. The zero-order chi connectivity index (χ0) is 5.70. The van der Waals surface area contributed by atoms with Crippen LogP contribution in [0.3, 0.4) is 0 Å². The molecule has 9 heavy (non-hydrogen) atoms. The van der Waals surface area contributed by atoms with Crippen LogP contribution in [0.5, 0.6) is 0 Å². The summed E-state index contributed by atoms with van der Waals surface area (Å²) in [6.45, 7) is 2.86. The lowest BCUT2D eigenvalue weighted by atomic mass is 10.6. The van der Waals surface area contributed by atoms with Gasteiger partial charge in [0.1, 0.15) is 0 Å². The van der Waals surface area contributed by atoms with Gasteiger partial charge in [0.05, 0.1) is 6.17 Å². The summed E-state index contributed by atoms with van der Waals surface area (Å²) in [6, 6.07) is 0. The Labute approximate surface area is 85.6 Å². The molecule has 60 valence electrons.